The van der Waals surface area contributed by atoms with E-state index in [-0.39, 0.29) is 16.4 Å². The number of nitrogens with one attached hydrogen (secondary N) is 2. The number of amides is 2. The van der Waals surface area contributed by atoms with E-state index in [9.17, 15) is 18.0 Å². The molecule has 1 aliphatic heterocycles. The fourth-order valence-electron chi connectivity index (χ4n) is 3.78. The first-order valence-corrected chi connectivity index (χ1v) is 11.1. The molecule has 2 amide bonds. The highest BCUT2D eigenvalue weighted by Gasteiger charge is 2.26. The zero-order valence-corrected chi connectivity index (χ0v) is 16.3. The van der Waals surface area contributed by atoms with Crippen molar-refractivity contribution < 1.29 is 18.0 Å². The zero-order valence-electron chi connectivity index (χ0n) is 15.4. The number of benzene rings is 1. The van der Waals surface area contributed by atoms with E-state index in [1.54, 1.807) is 6.07 Å². The molecule has 0 radical (unpaired) electrons. The lowest BCUT2D eigenvalue weighted by Crippen LogP contribution is -2.42. The van der Waals surface area contributed by atoms with E-state index in [4.69, 9.17) is 0 Å². The number of nitrogens with zero attached hydrogens (tertiary/aromatic N) is 1. The average molecular weight is 394 g/mol. The Hall–Kier alpha value is -1.93. The molecule has 0 bridgehead atoms. The molecule has 2 N–H and O–H groups in total. The summed E-state index contributed by atoms with van der Waals surface area (Å²) in [6.45, 7) is 1.02. The molecule has 1 heterocycles. The number of hydrogen-bond acceptors (Lipinski definition) is 4. The van der Waals surface area contributed by atoms with Gasteiger partial charge in [0, 0.05) is 25.1 Å². The van der Waals surface area contributed by atoms with Crippen LogP contribution in [0.1, 0.15) is 61.7 Å². The van der Waals surface area contributed by atoms with E-state index in [0.29, 0.717) is 25.4 Å². The second-order valence-electron chi connectivity index (χ2n) is 7.35. The molecule has 1 aliphatic carbocycles. The lowest BCUT2D eigenvalue weighted by molar-refractivity contribution is -0.122. The Kier molecular flexibility index (Phi) is 6.49. The highest BCUT2D eigenvalue weighted by Crippen LogP contribution is 2.27. The van der Waals surface area contributed by atoms with E-state index in [1.165, 1.54) is 22.5 Å². The van der Waals surface area contributed by atoms with Gasteiger partial charge in [-0.3, -0.25) is 20.4 Å². The molecule has 2 fully saturated rings. The van der Waals surface area contributed by atoms with Crippen molar-refractivity contribution >= 4 is 21.8 Å². The van der Waals surface area contributed by atoms with Crippen LogP contribution in [0.25, 0.3) is 0 Å². The van der Waals surface area contributed by atoms with Gasteiger partial charge >= 0.3 is 0 Å². The van der Waals surface area contributed by atoms with Crippen LogP contribution in [0.3, 0.4) is 0 Å². The normalized spacial score (nSPS) is 19.0. The molecule has 2 aliphatic rings. The number of hydrazine groups is 1. The van der Waals surface area contributed by atoms with Gasteiger partial charge < -0.3 is 0 Å². The Morgan fingerprint density at radius 1 is 1.00 bits per heavy atom. The van der Waals surface area contributed by atoms with Crippen molar-refractivity contribution in [2.24, 2.45) is 5.92 Å². The minimum atomic E-state index is -3.60. The summed E-state index contributed by atoms with van der Waals surface area (Å²) in [6.07, 6.45) is 7.57. The van der Waals surface area contributed by atoms with Gasteiger partial charge in [-0.1, -0.05) is 25.3 Å². The molecule has 8 heteroatoms. The van der Waals surface area contributed by atoms with Gasteiger partial charge in [-0.05, 0) is 49.8 Å². The van der Waals surface area contributed by atoms with Crippen LogP contribution < -0.4 is 10.9 Å². The highest BCUT2D eigenvalue weighted by atomic mass is 32.2. The number of carbonyl (C=O) groups excluding carboxylic acids is 2. The van der Waals surface area contributed by atoms with Crippen molar-refractivity contribution in [1.29, 1.82) is 0 Å². The molecule has 0 spiro atoms. The third-order valence-corrected chi connectivity index (χ3v) is 7.21. The van der Waals surface area contributed by atoms with Gasteiger partial charge in [-0.25, -0.2) is 8.42 Å². The van der Waals surface area contributed by atoms with Crippen LogP contribution in [0.2, 0.25) is 0 Å². The molecule has 3 rings (SSSR count). The van der Waals surface area contributed by atoms with Crippen LogP contribution in [-0.4, -0.2) is 37.6 Å². The van der Waals surface area contributed by atoms with E-state index < -0.39 is 15.9 Å². The fraction of sp³-hybridized carbons (Fsp3) is 0.579. The molecular formula is C19H27N3O4S. The average Bonchev–Trinajstić information content (AvgIpc) is 3.20. The molecular weight excluding hydrogens is 366 g/mol. The van der Waals surface area contributed by atoms with Crippen molar-refractivity contribution in [3.63, 3.8) is 0 Å². The van der Waals surface area contributed by atoms with Gasteiger partial charge in [-0.2, -0.15) is 4.31 Å². The number of rotatable bonds is 5. The predicted molar refractivity (Wildman–Crippen MR) is 101 cm³/mol. The van der Waals surface area contributed by atoms with Crippen LogP contribution in [0.4, 0.5) is 0 Å². The third kappa shape index (κ3) is 5.07. The minimum Gasteiger partial charge on any atom is -0.273 e. The smallest absolute Gasteiger partial charge is 0.269 e. The zero-order chi connectivity index (χ0) is 19.3. The second kappa shape index (κ2) is 8.84. The summed E-state index contributed by atoms with van der Waals surface area (Å²) in [7, 11) is -3.60. The van der Waals surface area contributed by atoms with Crippen molar-refractivity contribution in [3.8, 4) is 0 Å². The fourth-order valence-corrected chi connectivity index (χ4v) is 5.34. The summed E-state index contributed by atoms with van der Waals surface area (Å²) >= 11 is 0. The molecule has 0 aromatic heterocycles. The third-order valence-electron chi connectivity index (χ3n) is 5.31. The summed E-state index contributed by atoms with van der Waals surface area (Å²) in [6, 6.07) is 5.95. The minimum absolute atomic E-state index is 0.106. The Labute approximate surface area is 160 Å². The standard InChI is InChI=1S/C19H27N3O4S/c23-18(13-15-7-2-3-8-15)20-21-19(24)16-9-6-10-17(14-16)27(25,26)22-11-4-1-5-12-22/h6,9-10,14-15H,1-5,7-8,11-13H2,(H,20,23)(H,21,24). The Morgan fingerprint density at radius 2 is 1.70 bits per heavy atom. The quantitative estimate of drug-likeness (QED) is 0.750. The first kappa shape index (κ1) is 19.8. The monoisotopic (exact) mass is 393 g/mol. The molecule has 1 saturated carbocycles. The van der Waals surface area contributed by atoms with Crippen LogP contribution in [-0.2, 0) is 14.8 Å². The largest absolute Gasteiger partial charge is 0.273 e. The van der Waals surface area contributed by atoms with Crippen molar-refractivity contribution in [2.45, 2.75) is 56.3 Å². The van der Waals surface area contributed by atoms with Crippen LogP contribution in [0.5, 0.6) is 0 Å². The Balaban J connectivity index is 1.60. The van der Waals surface area contributed by atoms with Gasteiger partial charge in [0.2, 0.25) is 15.9 Å². The second-order valence-corrected chi connectivity index (χ2v) is 9.29. The molecule has 148 valence electrons. The first-order valence-electron chi connectivity index (χ1n) is 9.66. The Bertz CT molecular complexity index is 782. The molecule has 7 nitrogen and oxygen atoms in total. The van der Waals surface area contributed by atoms with Crippen LogP contribution >= 0.6 is 0 Å². The molecule has 27 heavy (non-hydrogen) atoms. The predicted octanol–water partition coefficient (Wildman–Crippen LogP) is 2.20. The van der Waals surface area contributed by atoms with Gasteiger partial charge in [-0.15, -0.1) is 0 Å². The topological polar surface area (TPSA) is 95.6 Å². The lowest BCUT2D eigenvalue weighted by Gasteiger charge is -2.26. The van der Waals surface area contributed by atoms with E-state index in [1.807, 2.05) is 0 Å². The summed E-state index contributed by atoms with van der Waals surface area (Å²) in [5, 5.41) is 0. The van der Waals surface area contributed by atoms with E-state index in [0.717, 1.165) is 44.9 Å². The van der Waals surface area contributed by atoms with Crippen molar-refractivity contribution in [3.05, 3.63) is 29.8 Å². The maximum atomic E-state index is 12.7. The molecule has 1 aromatic carbocycles. The van der Waals surface area contributed by atoms with Crippen LogP contribution in [0.15, 0.2) is 29.2 Å². The maximum Gasteiger partial charge on any atom is 0.269 e. The van der Waals surface area contributed by atoms with Crippen molar-refractivity contribution in [2.75, 3.05) is 13.1 Å². The first-order chi connectivity index (χ1) is 13.0. The summed E-state index contributed by atoms with van der Waals surface area (Å²) < 4.78 is 27.0. The summed E-state index contributed by atoms with van der Waals surface area (Å²) in [5.74, 6) is -0.349. The summed E-state index contributed by atoms with van der Waals surface area (Å²) in [5.41, 5.74) is 5.02. The van der Waals surface area contributed by atoms with Gasteiger partial charge in [0.05, 0.1) is 4.90 Å². The molecule has 0 unspecified atom stereocenters. The van der Waals surface area contributed by atoms with Gasteiger partial charge in [0.25, 0.3) is 5.91 Å². The Morgan fingerprint density at radius 3 is 2.41 bits per heavy atom. The summed E-state index contributed by atoms with van der Waals surface area (Å²) in [4.78, 5) is 24.4. The van der Waals surface area contributed by atoms with E-state index in [2.05, 4.69) is 10.9 Å². The maximum absolute atomic E-state index is 12.7. The van der Waals surface area contributed by atoms with Gasteiger partial charge in [0.15, 0.2) is 0 Å². The number of hydrogen-bond donors (Lipinski definition) is 2. The van der Waals surface area contributed by atoms with E-state index >= 15 is 0 Å². The highest BCUT2D eigenvalue weighted by molar-refractivity contribution is 7.89. The van der Waals surface area contributed by atoms with Crippen LogP contribution in [0, 0.1) is 5.92 Å². The number of carbonyl (C=O) groups is 2. The molecule has 1 aromatic rings. The van der Waals surface area contributed by atoms with Crippen molar-refractivity contribution in [1.82, 2.24) is 15.2 Å². The van der Waals surface area contributed by atoms with Gasteiger partial charge in [0.1, 0.15) is 0 Å². The molecule has 1 saturated heterocycles. The lowest BCUT2D eigenvalue weighted by atomic mass is 10.0. The number of piperidine rings is 1. The SMILES string of the molecule is O=C(CC1CCCC1)NNC(=O)c1cccc(S(=O)(=O)N2CCCCC2)c1. The molecule has 0 atom stereocenters. The number of sulfonamides is 1.